The summed E-state index contributed by atoms with van der Waals surface area (Å²) in [6.07, 6.45) is 2.17. The second-order valence-corrected chi connectivity index (χ2v) is 3.82. The summed E-state index contributed by atoms with van der Waals surface area (Å²) < 4.78 is 0. The molecule has 1 rings (SSSR count). The zero-order valence-electron chi connectivity index (χ0n) is 9.38. The van der Waals surface area contributed by atoms with Gasteiger partial charge < -0.3 is 5.11 Å². The zero-order chi connectivity index (χ0) is 10.6. The Hall–Kier alpha value is -0.820. The Bertz CT molecular complexity index is 291. The predicted molar refractivity (Wildman–Crippen MR) is 60.7 cm³/mol. The lowest BCUT2D eigenvalue weighted by molar-refractivity contribution is 0.273. The van der Waals surface area contributed by atoms with E-state index in [0.717, 1.165) is 12.8 Å². The lowest BCUT2D eigenvalue weighted by Gasteiger charge is -2.12. The molecule has 0 saturated heterocycles. The van der Waals surface area contributed by atoms with Gasteiger partial charge in [-0.1, -0.05) is 39.0 Å². The van der Waals surface area contributed by atoms with Gasteiger partial charge in [0, 0.05) is 12.5 Å². The van der Waals surface area contributed by atoms with E-state index in [1.165, 1.54) is 16.7 Å². The van der Waals surface area contributed by atoms with Crippen LogP contribution in [0.4, 0.5) is 0 Å². The van der Waals surface area contributed by atoms with Gasteiger partial charge in [0.1, 0.15) is 0 Å². The molecule has 1 heteroatoms. The summed E-state index contributed by atoms with van der Waals surface area (Å²) in [4.78, 5) is 0. The van der Waals surface area contributed by atoms with Crippen molar-refractivity contribution < 1.29 is 5.11 Å². The van der Waals surface area contributed by atoms with E-state index in [0.29, 0.717) is 0 Å². The molecule has 0 radical (unpaired) electrons. The van der Waals surface area contributed by atoms with Crippen molar-refractivity contribution in [2.45, 2.75) is 39.5 Å². The SMILES string of the molecule is CCc1ccc(C(C)CO)cc1CC. The number of benzene rings is 1. The topological polar surface area (TPSA) is 20.2 Å². The molecule has 0 aromatic heterocycles. The molecule has 0 aliphatic carbocycles. The second kappa shape index (κ2) is 5.16. The van der Waals surface area contributed by atoms with E-state index in [9.17, 15) is 0 Å². The molecule has 14 heavy (non-hydrogen) atoms. The van der Waals surface area contributed by atoms with Gasteiger partial charge in [-0.3, -0.25) is 0 Å². The summed E-state index contributed by atoms with van der Waals surface area (Å²) >= 11 is 0. The van der Waals surface area contributed by atoms with Gasteiger partial charge in [0.2, 0.25) is 0 Å². The molecule has 1 nitrogen and oxygen atoms in total. The van der Waals surface area contributed by atoms with Crippen molar-refractivity contribution in [1.82, 2.24) is 0 Å². The first-order chi connectivity index (χ1) is 6.72. The lowest BCUT2D eigenvalue weighted by Crippen LogP contribution is -2.01. The molecule has 0 bridgehead atoms. The minimum Gasteiger partial charge on any atom is -0.396 e. The highest BCUT2D eigenvalue weighted by atomic mass is 16.3. The first-order valence-electron chi connectivity index (χ1n) is 5.45. The van der Waals surface area contributed by atoms with Crippen molar-refractivity contribution in [2.24, 2.45) is 0 Å². The minimum absolute atomic E-state index is 0.231. The van der Waals surface area contributed by atoms with E-state index < -0.39 is 0 Å². The summed E-state index contributed by atoms with van der Waals surface area (Å²) in [5.41, 5.74) is 4.10. The van der Waals surface area contributed by atoms with E-state index >= 15 is 0 Å². The third kappa shape index (κ3) is 2.36. The molecule has 78 valence electrons. The first kappa shape index (κ1) is 11.3. The minimum atomic E-state index is 0.231. The number of aryl methyl sites for hydroxylation is 2. The molecule has 0 aliphatic rings. The lowest BCUT2D eigenvalue weighted by atomic mass is 9.94. The van der Waals surface area contributed by atoms with Crippen molar-refractivity contribution in [3.63, 3.8) is 0 Å². The van der Waals surface area contributed by atoms with Crippen molar-refractivity contribution in [1.29, 1.82) is 0 Å². The summed E-state index contributed by atoms with van der Waals surface area (Å²) in [5.74, 6) is 0.256. The Kier molecular flexibility index (Phi) is 4.15. The Morgan fingerprint density at radius 1 is 1.14 bits per heavy atom. The molecule has 1 aromatic rings. The van der Waals surface area contributed by atoms with Gasteiger partial charge in [-0.2, -0.15) is 0 Å². The monoisotopic (exact) mass is 192 g/mol. The van der Waals surface area contributed by atoms with Crippen LogP contribution in [0.15, 0.2) is 18.2 Å². The molecule has 0 spiro atoms. The summed E-state index contributed by atoms with van der Waals surface area (Å²) in [6, 6.07) is 6.57. The van der Waals surface area contributed by atoms with Crippen LogP contribution in [-0.2, 0) is 12.8 Å². The molecule has 0 aliphatic heterocycles. The maximum absolute atomic E-state index is 9.08. The molecular formula is C13H20O. The fraction of sp³-hybridized carbons (Fsp3) is 0.538. The van der Waals surface area contributed by atoms with Crippen molar-refractivity contribution in [3.05, 3.63) is 34.9 Å². The van der Waals surface area contributed by atoms with E-state index in [2.05, 4.69) is 39.0 Å². The molecular weight excluding hydrogens is 172 g/mol. The van der Waals surface area contributed by atoms with E-state index in [-0.39, 0.29) is 12.5 Å². The third-order valence-electron chi connectivity index (χ3n) is 2.84. The molecule has 0 amide bonds. The van der Waals surface area contributed by atoms with Crippen molar-refractivity contribution in [2.75, 3.05) is 6.61 Å². The largest absolute Gasteiger partial charge is 0.396 e. The van der Waals surface area contributed by atoms with Crippen LogP contribution >= 0.6 is 0 Å². The van der Waals surface area contributed by atoms with Crippen LogP contribution in [0.3, 0.4) is 0 Å². The fourth-order valence-corrected chi connectivity index (χ4v) is 1.73. The first-order valence-corrected chi connectivity index (χ1v) is 5.45. The Labute approximate surface area is 86.8 Å². The quantitative estimate of drug-likeness (QED) is 0.777. The van der Waals surface area contributed by atoms with E-state index in [4.69, 9.17) is 5.11 Å². The van der Waals surface area contributed by atoms with Crippen molar-refractivity contribution >= 4 is 0 Å². The molecule has 0 heterocycles. The Morgan fingerprint density at radius 3 is 2.29 bits per heavy atom. The molecule has 1 aromatic carbocycles. The van der Waals surface area contributed by atoms with Gasteiger partial charge in [0.15, 0.2) is 0 Å². The second-order valence-electron chi connectivity index (χ2n) is 3.82. The average Bonchev–Trinajstić information content (AvgIpc) is 2.26. The highest BCUT2D eigenvalue weighted by molar-refractivity contribution is 5.33. The Morgan fingerprint density at radius 2 is 1.79 bits per heavy atom. The predicted octanol–water partition coefficient (Wildman–Crippen LogP) is 2.91. The zero-order valence-corrected chi connectivity index (χ0v) is 9.38. The highest BCUT2D eigenvalue weighted by Crippen LogP contribution is 2.19. The normalized spacial score (nSPS) is 12.9. The fourth-order valence-electron chi connectivity index (χ4n) is 1.73. The van der Waals surface area contributed by atoms with E-state index in [1.54, 1.807) is 0 Å². The molecule has 1 atom stereocenters. The van der Waals surface area contributed by atoms with Gasteiger partial charge in [-0.15, -0.1) is 0 Å². The summed E-state index contributed by atoms with van der Waals surface area (Å²) in [5, 5.41) is 9.08. The maximum atomic E-state index is 9.08. The number of aliphatic hydroxyl groups excluding tert-OH is 1. The molecule has 1 unspecified atom stereocenters. The van der Waals surface area contributed by atoms with Crippen molar-refractivity contribution in [3.8, 4) is 0 Å². The summed E-state index contributed by atoms with van der Waals surface area (Å²) in [7, 11) is 0. The standard InChI is InChI=1S/C13H20O/c1-4-11-6-7-13(10(3)9-14)8-12(11)5-2/h6-8,10,14H,4-5,9H2,1-3H3. The van der Waals surface area contributed by atoms with Gasteiger partial charge in [0.05, 0.1) is 0 Å². The van der Waals surface area contributed by atoms with Gasteiger partial charge in [-0.05, 0) is 29.5 Å². The van der Waals surface area contributed by atoms with Gasteiger partial charge in [0.25, 0.3) is 0 Å². The van der Waals surface area contributed by atoms with Crippen LogP contribution in [0.1, 0.15) is 43.4 Å². The third-order valence-corrected chi connectivity index (χ3v) is 2.84. The number of hydrogen-bond acceptors (Lipinski definition) is 1. The maximum Gasteiger partial charge on any atom is 0.0497 e. The van der Waals surface area contributed by atoms with Crippen LogP contribution in [0.25, 0.3) is 0 Å². The van der Waals surface area contributed by atoms with Crippen LogP contribution in [0, 0.1) is 0 Å². The van der Waals surface area contributed by atoms with Gasteiger partial charge in [-0.25, -0.2) is 0 Å². The number of hydrogen-bond donors (Lipinski definition) is 1. The van der Waals surface area contributed by atoms with Crippen LogP contribution in [0.2, 0.25) is 0 Å². The molecule has 0 fully saturated rings. The highest BCUT2D eigenvalue weighted by Gasteiger charge is 2.06. The molecule has 0 saturated carbocycles. The average molecular weight is 192 g/mol. The smallest absolute Gasteiger partial charge is 0.0497 e. The summed E-state index contributed by atoms with van der Waals surface area (Å²) in [6.45, 7) is 6.65. The molecule has 1 N–H and O–H groups in total. The number of aliphatic hydroxyl groups is 1. The van der Waals surface area contributed by atoms with Crippen LogP contribution in [-0.4, -0.2) is 11.7 Å². The number of rotatable bonds is 4. The Balaban J connectivity index is 3.01. The van der Waals surface area contributed by atoms with E-state index in [1.807, 2.05) is 0 Å². The van der Waals surface area contributed by atoms with Gasteiger partial charge >= 0.3 is 0 Å². The van der Waals surface area contributed by atoms with Crippen LogP contribution < -0.4 is 0 Å². The van der Waals surface area contributed by atoms with Crippen LogP contribution in [0.5, 0.6) is 0 Å².